The van der Waals surface area contributed by atoms with Crippen molar-refractivity contribution in [2.24, 2.45) is 4.99 Å². The third kappa shape index (κ3) is 6.65. The average Bonchev–Trinajstić information content (AvgIpc) is 2.84. The molecule has 0 radical (unpaired) electrons. The van der Waals surface area contributed by atoms with Gasteiger partial charge in [0.1, 0.15) is 0 Å². The summed E-state index contributed by atoms with van der Waals surface area (Å²) in [5.41, 5.74) is 2.26. The summed E-state index contributed by atoms with van der Waals surface area (Å²) in [6.45, 7) is 8.81. The summed E-state index contributed by atoms with van der Waals surface area (Å²) in [5.74, 6) is 0.0773. The molecule has 0 bridgehead atoms. The van der Waals surface area contributed by atoms with Crippen LogP contribution in [0.15, 0.2) is 29.3 Å². The first-order valence-electron chi connectivity index (χ1n) is 11.1. The van der Waals surface area contributed by atoms with Crippen LogP contribution in [0.4, 0.5) is 5.69 Å². The molecular formula is C24H38ClN3OS. The van der Waals surface area contributed by atoms with Gasteiger partial charge in [0.2, 0.25) is 5.91 Å². The van der Waals surface area contributed by atoms with E-state index in [0.29, 0.717) is 17.7 Å². The van der Waals surface area contributed by atoms with Gasteiger partial charge in [-0.3, -0.25) is 9.79 Å². The van der Waals surface area contributed by atoms with Gasteiger partial charge in [0.15, 0.2) is 5.17 Å². The lowest BCUT2D eigenvalue weighted by atomic mass is 9.87. The summed E-state index contributed by atoms with van der Waals surface area (Å²) in [4.78, 5) is 20.0. The molecule has 1 saturated carbocycles. The van der Waals surface area contributed by atoms with E-state index in [0.717, 1.165) is 10.9 Å². The Labute approximate surface area is 193 Å². The quantitative estimate of drug-likeness (QED) is 0.550. The van der Waals surface area contributed by atoms with Gasteiger partial charge >= 0.3 is 0 Å². The number of halogens is 1. The van der Waals surface area contributed by atoms with Gasteiger partial charge in [0.25, 0.3) is 0 Å². The van der Waals surface area contributed by atoms with Gasteiger partial charge in [-0.15, -0.1) is 12.4 Å². The maximum Gasteiger partial charge on any atom is 0.226 e. The number of hydrogen-bond donors (Lipinski definition) is 1. The fourth-order valence-electron chi connectivity index (χ4n) is 4.21. The van der Waals surface area contributed by atoms with Crippen LogP contribution in [0.1, 0.15) is 78.2 Å². The normalized spacial score (nSPS) is 24.4. The van der Waals surface area contributed by atoms with Gasteiger partial charge in [-0.05, 0) is 36.0 Å². The second kappa shape index (κ2) is 10.9. The van der Waals surface area contributed by atoms with E-state index in [1.165, 1.54) is 44.1 Å². The monoisotopic (exact) mass is 451 g/mol. The third-order valence-corrected chi connectivity index (χ3v) is 7.47. The van der Waals surface area contributed by atoms with Crippen molar-refractivity contribution in [3.05, 3.63) is 29.8 Å². The molecule has 168 valence electrons. The second-order valence-electron chi connectivity index (χ2n) is 9.64. The molecule has 2 fully saturated rings. The molecule has 0 aromatic heterocycles. The first-order chi connectivity index (χ1) is 13.7. The zero-order chi connectivity index (χ0) is 21.0. The number of nitrogens with one attached hydrogen (secondary N) is 1. The van der Waals surface area contributed by atoms with Crippen molar-refractivity contribution in [2.45, 2.75) is 95.4 Å². The minimum atomic E-state index is 0. The van der Waals surface area contributed by atoms with Crippen molar-refractivity contribution in [1.82, 2.24) is 4.90 Å². The van der Waals surface area contributed by atoms with Crippen molar-refractivity contribution < 1.29 is 4.79 Å². The van der Waals surface area contributed by atoms with Crippen LogP contribution >= 0.6 is 24.2 Å². The number of carbonyl (C=O) groups is 1. The highest BCUT2D eigenvalue weighted by atomic mass is 35.5. The summed E-state index contributed by atoms with van der Waals surface area (Å²) in [7, 11) is 2.10. The number of aliphatic imine (C=N–C) groups is 1. The molecule has 6 heteroatoms. The van der Waals surface area contributed by atoms with Gasteiger partial charge < -0.3 is 10.2 Å². The van der Waals surface area contributed by atoms with E-state index < -0.39 is 0 Å². The predicted octanol–water partition coefficient (Wildman–Crippen LogP) is 6.25. The largest absolute Gasteiger partial charge is 0.350 e. The first-order valence-corrected chi connectivity index (χ1v) is 12.0. The summed E-state index contributed by atoms with van der Waals surface area (Å²) in [6, 6.07) is 8.88. The Bertz CT molecular complexity index is 721. The molecule has 2 atom stereocenters. The van der Waals surface area contributed by atoms with Gasteiger partial charge in [-0.2, -0.15) is 0 Å². The SMILES string of the molecule is CC1S/C(=N\C2CCCCCC2)N(C)C1CC(=O)Nc1ccc(C(C)(C)C)cc1.Cl. The number of thioether (sulfide) groups is 1. The molecule has 1 aromatic carbocycles. The standard InChI is InChI=1S/C24H37N3OS.ClH/c1-17-21(27(5)23(29-17)26-19-10-8-6-7-9-11-19)16-22(28)25-20-14-12-18(13-15-20)24(2,3)4;/h12-15,17,19,21H,6-11,16H2,1-5H3,(H,25,28);1H/b26-23-;. The Balaban J connectivity index is 0.00000320. The molecule has 1 heterocycles. The summed E-state index contributed by atoms with van der Waals surface area (Å²) in [6.07, 6.45) is 8.20. The average molecular weight is 452 g/mol. The summed E-state index contributed by atoms with van der Waals surface area (Å²) in [5, 5.41) is 4.57. The molecule has 3 rings (SSSR count). The minimum absolute atomic E-state index is 0. The smallest absolute Gasteiger partial charge is 0.226 e. The van der Waals surface area contributed by atoms with E-state index in [9.17, 15) is 4.79 Å². The fourth-order valence-corrected chi connectivity index (χ4v) is 5.49. The lowest BCUT2D eigenvalue weighted by molar-refractivity contribution is -0.117. The zero-order valence-electron chi connectivity index (χ0n) is 19.1. The van der Waals surface area contributed by atoms with Crippen LogP contribution < -0.4 is 5.32 Å². The van der Waals surface area contributed by atoms with Gasteiger partial charge in [-0.1, -0.05) is 77.3 Å². The van der Waals surface area contributed by atoms with Crippen molar-refractivity contribution >= 4 is 40.9 Å². The second-order valence-corrected chi connectivity index (χ2v) is 11.0. The summed E-state index contributed by atoms with van der Waals surface area (Å²) < 4.78 is 0. The molecule has 2 aliphatic rings. The van der Waals surface area contributed by atoms with E-state index in [1.807, 2.05) is 23.9 Å². The Kier molecular flexibility index (Phi) is 9.11. The van der Waals surface area contributed by atoms with Crippen LogP contribution in [-0.2, 0) is 10.2 Å². The van der Waals surface area contributed by atoms with Crippen LogP contribution in [0.25, 0.3) is 0 Å². The molecule has 1 saturated heterocycles. The number of benzene rings is 1. The number of rotatable bonds is 4. The molecule has 30 heavy (non-hydrogen) atoms. The Morgan fingerprint density at radius 3 is 2.30 bits per heavy atom. The van der Waals surface area contributed by atoms with E-state index in [2.05, 4.69) is 57.1 Å². The fraction of sp³-hybridized carbons (Fsp3) is 0.667. The maximum absolute atomic E-state index is 12.7. The Morgan fingerprint density at radius 2 is 1.73 bits per heavy atom. The molecule has 2 unspecified atom stereocenters. The van der Waals surface area contributed by atoms with E-state index in [1.54, 1.807) is 0 Å². The van der Waals surface area contributed by atoms with Crippen molar-refractivity contribution in [1.29, 1.82) is 0 Å². The van der Waals surface area contributed by atoms with Gasteiger partial charge in [0, 0.05) is 24.4 Å². The Hall–Kier alpha value is -1.20. The van der Waals surface area contributed by atoms with Gasteiger partial charge in [0.05, 0.1) is 12.1 Å². The number of carbonyl (C=O) groups excluding carboxylic acids is 1. The summed E-state index contributed by atoms with van der Waals surface area (Å²) >= 11 is 1.83. The Morgan fingerprint density at radius 1 is 1.13 bits per heavy atom. The lowest BCUT2D eigenvalue weighted by Gasteiger charge is -2.23. The maximum atomic E-state index is 12.7. The lowest BCUT2D eigenvalue weighted by Crippen LogP contribution is -2.36. The third-order valence-electron chi connectivity index (χ3n) is 6.18. The molecule has 1 aliphatic heterocycles. The predicted molar refractivity (Wildman–Crippen MR) is 133 cm³/mol. The number of amides is 1. The molecule has 4 nitrogen and oxygen atoms in total. The van der Waals surface area contributed by atoms with E-state index >= 15 is 0 Å². The molecule has 1 aliphatic carbocycles. The van der Waals surface area contributed by atoms with Gasteiger partial charge in [-0.25, -0.2) is 0 Å². The van der Waals surface area contributed by atoms with Crippen molar-refractivity contribution in [3.63, 3.8) is 0 Å². The minimum Gasteiger partial charge on any atom is -0.350 e. The highest BCUT2D eigenvalue weighted by Crippen LogP contribution is 2.34. The molecule has 0 spiro atoms. The molecule has 1 aromatic rings. The number of nitrogens with zero attached hydrogens (tertiary/aromatic N) is 2. The number of anilines is 1. The molecule has 1 N–H and O–H groups in total. The number of amidine groups is 1. The van der Waals surface area contributed by atoms with Crippen LogP contribution in [-0.4, -0.2) is 40.4 Å². The zero-order valence-corrected chi connectivity index (χ0v) is 20.7. The topological polar surface area (TPSA) is 44.7 Å². The first kappa shape index (κ1) is 25.1. The molecule has 1 amide bonds. The van der Waals surface area contributed by atoms with E-state index in [-0.39, 0.29) is 29.8 Å². The van der Waals surface area contributed by atoms with E-state index in [4.69, 9.17) is 4.99 Å². The molecular weight excluding hydrogens is 414 g/mol. The highest BCUT2D eigenvalue weighted by molar-refractivity contribution is 8.14. The van der Waals surface area contributed by atoms with Crippen molar-refractivity contribution in [3.8, 4) is 0 Å². The van der Waals surface area contributed by atoms with Crippen LogP contribution in [0.2, 0.25) is 0 Å². The van der Waals surface area contributed by atoms with Crippen LogP contribution in [0, 0.1) is 0 Å². The number of hydrogen-bond acceptors (Lipinski definition) is 3. The van der Waals surface area contributed by atoms with Crippen LogP contribution in [0.3, 0.4) is 0 Å². The van der Waals surface area contributed by atoms with Crippen molar-refractivity contribution in [2.75, 3.05) is 12.4 Å². The van der Waals surface area contributed by atoms with Crippen LogP contribution in [0.5, 0.6) is 0 Å². The highest BCUT2D eigenvalue weighted by Gasteiger charge is 2.36.